The predicted octanol–water partition coefficient (Wildman–Crippen LogP) is 5.68. The SMILES string of the molecule is C[C@H](N)[C@@H](Cc1ccc(Cl)cc1)c1ccc(-c2ccccc2)cc1. The number of benzene rings is 3. The van der Waals surface area contributed by atoms with Gasteiger partial charge in [-0.05, 0) is 47.7 Å². The Morgan fingerprint density at radius 3 is 1.96 bits per heavy atom. The van der Waals surface area contributed by atoms with Crippen LogP contribution in [0.4, 0.5) is 0 Å². The lowest BCUT2D eigenvalue weighted by molar-refractivity contribution is 0.565. The van der Waals surface area contributed by atoms with E-state index in [1.54, 1.807) is 0 Å². The van der Waals surface area contributed by atoms with E-state index in [0.717, 1.165) is 11.4 Å². The van der Waals surface area contributed by atoms with Gasteiger partial charge in [-0.25, -0.2) is 0 Å². The third-order valence-electron chi connectivity index (χ3n) is 4.45. The van der Waals surface area contributed by atoms with Gasteiger partial charge in [0, 0.05) is 17.0 Å². The van der Waals surface area contributed by atoms with Gasteiger partial charge in [0.05, 0.1) is 0 Å². The summed E-state index contributed by atoms with van der Waals surface area (Å²) in [6, 6.07) is 27.3. The molecular formula is C22H22ClN. The topological polar surface area (TPSA) is 26.0 Å². The van der Waals surface area contributed by atoms with Crippen molar-refractivity contribution in [2.45, 2.75) is 25.3 Å². The molecule has 0 aliphatic rings. The van der Waals surface area contributed by atoms with Gasteiger partial charge in [-0.15, -0.1) is 0 Å². The first kappa shape index (κ1) is 16.8. The number of nitrogens with two attached hydrogens (primary N) is 1. The summed E-state index contributed by atoms with van der Waals surface area (Å²) < 4.78 is 0. The Morgan fingerprint density at radius 1 is 0.792 bits per heavy atom. The summed E-state index contributed by atoms with van der Waals surface area (Å²) in [6.45, 7) is 2.08. The lowest BCUT2D eigenvalue weighted by Crippen LogP contribution is -2.26. The van der Waals surface area contributed by atoms with E-state index in [2.05, 4.69) is 67.6 Å². The standard InChI is InChI=1S/C22H22ClN/c1-16(24)22(15-17-7-13-21(23)14-8-17)20-11-9-19(10-12-20)18-5-3-2-4-6-18/h2-14,16,22H,15,24H2,1H3/t16-,22+/m0/s1. The van der Waals surface area contributed by atoms with Crippen molar-refractivity contribution in [1.29, 1.82) is 0 Å². The van der Waals surface area contributed by atoms with Crippen molar-refractivity contribution in [2.75, 3.05) is 0 Å². The Balaban J connectivity index is 1.82. The van der Waals surface area contributed by atoms with E-state index in [1.165, 1.54) is 22.3 Å². The van der Waals surface area contributed by atoms with Crippen LogP contribution < -0.4 is 5.73 Å². The second kappa shape index (κ2) is 7.65. The smallest absolute Gasteiger partial charge is 0.0406 e. The van der Waals surface area contributed by atoms with Gasteiger partial charge in [-0.1, -0.05) is 78.3 Å². The second-order valence-electron chi connectivity index (χ2n) is 6.28. The summed E-state index contributed by atoms with van der Waals surface area (Å²) in [5, 5.41) is 0.767. The van der Waals surface area contributed by atoms with Gasteiger partial charge in [-0.2, -0.15) is 0 Å². The fourth-order valence-electron chi connectivity index (χ4n) is 3.04. The number of halogens is 1. The quantitative estimate of drug-likeness (QED) is 0.637. The summed E-state index contributed by atoms with van der Waals surface area (Å²) in [4.78, 5) is 0. The minimum Gasteiger partial charge on any atom is -0.327 e. The normalized spacial score (nSPS) is 13.5. The molecule has 3 aromatic rings. The molecule has 0 fully saturated rings. The van der Waals surface area contributed by atoms with Crippen molar-refractivity contribution in [2.24, 2.45) is 5.73 Å². The van der Waals surface area contributed by atoms with Gasteiger partial charge in [0.1, 0.15) is 0 Å². The van der Waals surface area contributed by atoms with Crippen LogP contribution in [0.15, 0.2) is 78.9 Å². The monoisotopic (exact) mass is 335 g/mol. The highest BCUT2D eigenvalue weighted by atomic mass is 35.5. The molecule has 0 saturated heterocycles. The third kappa shape index (κ3) is 4.05. The van der Waals surface area contributed by atoms with E-state index in [1.807, 2.05) is 18.2 Å². The van der Waals surface area contributed by atoms with E-state index in [0.29, 0.717) is 0 Å². The van der Waals surface area contributed by atoms with Crippen molar-refractivity contribution < 1.29 is 0 Å². The van der Waals surface area contributed by atoms with E-state index < -0.39 is 0 Å². The van der Waals surface area contributed by atoms with Gasteiger partial charge in [0.15, 0.2) is 0 Å². The van der Waals surface area contributed by atoms with E-state index in [-0.39, 0.29) is 12.0 Å². The maximum Gasteiger partial charge on any atom is 0.0406 e. The molecule has 0 amide bonds. The van der Waals surface area contributed by atoms with Crippen molar-refractivity contribution in [3.05, 3.63) is 95.0 Å². The maximum absolute atomic E-state index is 6.27. The zero-order valence-corrected chi connectivity index (χ0v) is 14.6. The lowest BCUT2D eigenvalue weighted by atomic mass is 9.86. The third-order valence-corrected chi connectivity index (χ3v) is 4.70. The summed E-state index contributed by atoms with van der Waals surface area (Å²) in [5.74, 6) is 0.288. The Labute approximate surface area is 149 Å². The molecule has 2 heteroatoms. The molecule has 3 rings (SSSR count). The summed E-state index contributed by atoms with van der Waals surface area (Å²) >= 11 is 5.98. The molecule has 0 aliphatic carbocycles. The van der Waals surface area contributed by atoms with E-state index >= 15 is 0 Å². The van der Waals surface area contributed by atoms with Crippen molar-refractivity contribution >= 4 is 11.6 Å². The average Bonchev–Trinajstić information content (AvgIpc) is 2.62. The highest BCUT2D eigenvalue weighted by Crippen LogP contribution is 2.27. The fourth-order valence-corrected chi connectivity index (χ4v) is 3.16. The molecule has 0 spiro atoms. The van der Waals surface area contributed by atoms with Crippen LogP contribution in [0, 0.1) is 0 Å². The van der Waals surface area contributed by atoms with Crippen LogP contribution >= 0.6 is 11.6 Å². The molecule has 0 unspecified atom stereocenters. The minimum atomic E-state index is 0.0863. The van der Waals surface area contributed by atoms with Gasteiger partial charge in [0.2, 0.25) is 0 Å². The molecule has 0 radical (unpaired) electrons. The molecule has 0 aromatic heterocycles. The second-order valence-corrected chi connectivity index (χ2v) is 6.72. The van der Waals surface area contributed by atoms with Crippen LogP contribution in [0.5, 0.6) is 0 Å². The highest BCUT2D eigenvalue weighted by Gasteiger charge is 2.17. The molecule has 0 saturated carbocycles. The zero-order chi connectivity index (χ0) is 16.9. The number of hydrogen-bond acceptors (Lipinski definition) is 1. The predicted molar refractivity (Wildman–Crippen MR) is 103 cm³/mol. The molecular weight excluding hydrogens is 314 g/mol. The molecule has 2 atom stereocenters. The van der Waals surface area contributed by atoms with E-state index in [9.17, 15) is 0 Å². The molecule has 24 heavy (non-hydrogen) atoms. The van der Waals surface area contributed by atoms with Crippen LogP contribution in [0.1, 0.15) is 24.0 Å². The maximum atomic E-state index is 6.27. The van der Waals surface area contributed by atoms with Crippen LogP contribution in [0.3, 0.4) is 0 Å². The molecule has 0 bridgehead atoms. The van der Waals surface area contributed by atoms with Crippen LogP contribution in [-0.2, 0) is 6.42 Å². The number of rotatable bonds is 5. The first-order valence-electron chi connectivity index (χ1n) is 8.29. The lowest BCUT2D eigenvalue weighted by Gasteiger charge is -2.22. The summed E-state index contributed by atoms with van der Waals surface area (Å²) in [7, 11) is 0. The first-order valence-corrected chi connectivity index (χ1v) is 8.66. The van der Waals surface area contributed by atoms with Crippen LogP contribution in [0.2, 0.25) is 5.02 Å². The van der Waals surface area contributed by atoms with Gasteiger partial charge < -0.3 is 5.73 Å². The Kier molecular flexibility index (Phi) is 5.34. The Hall–Kier alpha value is -2.09. The van der Waals surface area contributed by atoms with Gasteiger partial charge in [0.25, 0.3) is 0 Å². The van der Waals surface area contributed by atoms with Gasteiger partial charge >= 0.3 is 0 Å². The zero-order valence-electron chi connectivity index (χ0n) is 13.8. The van der Waals surface area contributed by atoms with Crippen molar-refractivity contribution in [1.82, 2.24) is 0 Å². The molecule has 122 valence electrons. The average molecular weight is 336 g/mol. The summed E-state index contributed by atoms with van der Waals surface area (Å²) in [6.07, 6.45) is 0.916. The Morgan fingerprint density at radius 2 is 1.38 bits per heavy atom. The molecule has 1 nitrogen and oxygen atoms in total. The minimum absolute atomic E-state index is 0.0863. The molecule has 2 N–H and O–H groups in total. The van der Waals surface area contributed by atoms with E-state index in [4.69, 9.17) is 17.3 Å². The Bertz CT molecular complexity index is 761. The number of hydrogen-bond donors (Lipinski definition) is 1. The molecule has 0 aliphatic heterocycles. The largest absolute Gasteiger partial charge is 0.327 e. The molecule has 0 heterocycles. The summed E-state index contributed by atoms with van der Waals surface area (Å²) in [5.41, 5.74) is 11.3. The fraction of sp³-hybridized carbons (Fsp3) is 0.182. The van der Waals surface area contributed by atoms with Crippen LogP contribution in [-0.4, -0.2) is 6.04 Å². The van der Waals surface area contributed by atoms with Crippen molar-refractivity contribution in [3.63, 3.8) is 0 Å². The highest BCUT2D eigenvalue weighted by molar-refractivity contribution is 6.30. The first-order chi connectivity index (χ1) is 11.6. The van der Waals surface area contributed by atoms with Crippen molar-refractivity contribution in [3.8, 4) is 11.1 Å². The van der Waals surface area contributed by atoms with Gasteiger partial charge in [-0.3, -0.25) is 0 Å². The molecule has 3 aromatic carbocycles. The van der Waals surface area contributed by atoms with Crippen LogP contribution in [0.25, 0.3) is 11.1 Å².